The number of hydrogen-bond acceptors (Lipinski definition) is 3. The molecule has 0 aliphatic heterocycles. The topological polar surface area (TPSA) is 34.4 Å². The molecule has 0 aliphatic rings. The van der Waals surface area contributed by atoms with E-state index in [2.05, 4.69) is 12.2 Å². The largest absolute Gasteiger partial charge is 0.467 e. The Labute approximate surface area is 117 Å². The summed E-state index contributed by atoms with van der Waals surface area (Å²) in [4.78, 5) is 0. The summed E-state index contributed by atoms with van der Waals surface area (Å²) in [5.74, 6) is 0.903. The van der Waals surface area contributed by atoms with Gasteiger partial charge in [-0.15, -0.1) is 0 Å². The molecule has 0 spiro atoms. The molecule has 0 saturated heterocycles. The highest BCUT2D eigenvalue weighted by Crippen LogP contribution is 2.04. The van der Waals surface area contributed by atoms with Gasteiger partial charge in [-0.05, 0) is 38.1 Å². The normalized spacial score (nSPS) is 11.0. The third-order valence-electron chi connectivity index (χ3n) is 3.17. The number of furan rings is 1. The fourth-order valence-corrected chi connectivity index (χ4v) is 2.02. The first-order valence-electron chi connectivity index (χ1n) is 7.74. The van der Waals surface area contributed by atoms with Gasteiger partial charge in [0.1, 0.15) is 12.4 Å². The Morgan fingerprint density at radius 3 is 2.63 bits per heavy atom. The molecule has 0 radical (unpaired) electrons. The van der Waals surface area contributed by atoms with Crippen molar-refractivity contribution in [1.82, 2.24) is 5.32 Å². The van der Waals surface area contributed by atoms with E-state index in [1.165, 1.54) is 38.5 Å². The van der Waals surface area contributed by atoms with Gasteiger partial charge in [0.15, 0.2) is 0 Å². The summed E-state index contributed by atoms with van der Waals surface area (Å²) in [6.07, 6.45) is 10.9. The van der Waals surface area contributed by atoms with Crippen LogP contribution in [-0.4, -0.2) is 19.7 Å². The summed E-state index contributed by atoms with van der Waals surface area (Å²) in [5, 5.41) is 3.47. The second-order valence-electron chi connectivity index (χ2n) is 5.00. The molecule has 1 aromatic rings. The monoisotopic (exact) mass is 267 g/mol. The predicted octanol–water partition coefficient (Wildman–Crippen LogP) is 4.14. The van der Waals surface area contributed by atoms with Crippen LogP contribution in [0.15, 0.2) is 22.8 Å². The van der Waals surface area contributed by atoms with Crippen molar-refractivity contribution < 1.29 is 9.15 Å². The smallest absolute Gasteiger partial charge is 0.129 e. The van der Waals surface area contributed by atoms with Crippen LogP contribution in [0.4, 0.5) is 0 Å². The highest BCUT2D eigenvalue weighted by molar-refractivity contribution is 4.95. The van der Waals surface area contributed by atoms with E-state index >= 15 is 0 Å². The Hall–Kier alpha value is -0.800. The number of unbranched alkanes of at least 4 members (excludes halogenated alkanes) is 5. The van der Waals surface area contributed by atoms with Crippen LogP contribution in [0, 0.1) is 0 Å². The van der Waals surface area contributed by atoms with Gasteiger partial charge in [0, 0.05) is 6.61 Å². The molecule has 0 amide bonds. The van der Waals surface area contributed by atoms with Gasteiger partial charge in [-0.2, -0.15) is 0 Å². The quantitative estimate of drug-likeness (QED) is 0.545. The molecule has 0 unspecified atom stereocenters. The summed E-state index contributed by atoms with van der Waals surface area (Å²) < 4.78 is 10.7. The number of nitrogens with one attached hydrogen (secondary N) is 1. The van der Waals surface area contributed by atoms with E-state index in [9.17, 15) is 0 Å². The standard InChI is InChI=1S/C16H29NO2/c1-2-3-4-5-6-7-11-17-12-9-13-18-15-16-10-8-14-19-16/h8,10,14,17H,2-7,9,11-13,15H2,1H3. The SMILES string of the molecule is CCCCCCCCNCCCOCc1ccco1. The van der Waals surface area contributed by atoms with Crippen LogP contribution in [0.25, 0.3) is 0 Å². The van der Waals surface area contributed by atoms with Gasteiger partial charge in [-0.3, -0.25) is 0 Å². The van der Waals surface area contributed by atoms with Gasteiger partial charge in [0.05, 0.1) is 6.26 Å². The van der Waals surface area contributed by atoms with Crippen LogP contribution >= 0.6 is 0 Å². The van der Waals surface area contributed by atoms with E-state index in [0.717, 1.165) is 31.9 Å². The minimum atomic E-state index is 0.588. The molecule has 0 aliphatic carbocycles. The molecule has 1 aromatic heterocycles. The lowest BCUT2D eigenvalue weighted by Crippen LogP contribution is -2.18. The van der Waals surface area contributed by atoms with Gasteiger partial charge in [-0.1, -0.05) is 39.0 Å². The van der Waals surface area contributed by atoms with E-state index in [-0.39, 0.29) is 0 Å². The fraction of sp³-hybridized carbons (Fsp3) is 0.750. The Balaban J connectivity index is 1.72. The zero-order chi connectivity index (χ0) is 13.6. The summed E-state index contributed by atoms with van der Waals surface area (Å²) in [6, 6.07) is 3.83. The molecule has 3 heteroatoms. The van der Waals surface area contributed by atoms with Crippen molar-refractivity contribution in [3.8, 4) is 0 Å². The van der Waals surface area contributed by atoms with Crippen LogP contribution in [0.2, 0.25) is 0 Å². The molecule has 1 rings (SSSR count). The van der Waals surface area contributed by atoms with Crippen molar-refractivity contribution in [2.24, 2.45) is 0 Å². The van der Waals surface area contributed by atoms with E-state index in [1.807, 2.05) is 12.1 Å². The van der Waals surface area contributed by atoms with Gasteiger partial charge < -0.3 is 14.5 Å². The van der Waals surface area contributed by atoms with E-state index in [1.54, 1.807) is 6.26 Å². The second-order valence-corrected chi connectivity index (χ2v) is 5.00. The fourth-order valence-electron chi connectivity index (χ4n) is 2.02. The molecular formula is C16H29NO2. The highest BCUT2D eigenvalue weighted by atomic mass is 16.5. The van der Waals surface area contributed by atoms with Gasteiger partial charge in [0.25, 0.3) is 0 Å². The number of rotatable bonds is 13. The van der Waals surface area contributed by atoms with Gasteiger partial charge in [0.2, 0.25) is 0 Å². The minimum Gasteiger partial charge on any atom is -0.467 e. The van der Waals surface area contributed by atoms with Crippen molar-refractivity contribution in [3.63, 3.8) is 0 Å². The molecule has 0 fully saturated rings. The van der Waals surface area contributed by atoms with Gasteiger partial charge >= 0.3 is 0 Å². The predicted molar refractivity (Wildman–Crippen MR) is 79.2 cm³/mol. The van der Waals surface area contributed by atoms with Crippen LogP contribution in [0.1, 0.15) is 57.6 Å². The average molecular weight is 267 g/mol. The summed E-state index contributed by atoms with van der Waals surface area (Å²) >= 11 is 0. The Morgan fingerprint density at radius 2 is 1.84 bits per heavy atom. The maximum absolute atomic E-state index is 5.52. The van der Waals surface area contributed by atoms with Crippen molar-refractivity contribution >= 4 is 0 Å². The van der Waals surface area contributed by atoms with Crippen molar-refractivity contribution in [3.05, 3.63) is 24.2 Å². The third kappa shape index (κ3) is 9.74. The molecule has 1 heterocycles. The summed E-state index contributed by atoms with van der Waals surface area (Å²) in [6.45, 7) is 5.83. The molecule has 3 nitrogen and oxygen atoms in total. The zero-order valence-electron chi connectivity index (χ0n) is 12.3. The molecule has 19 heavy (non-hydrogen) atoms. The Morgan fingerprint density at radius 1 is 1.05 bits per heavy atom. The van der Waals surface area contributed by atoms with Crippen molar-refractivity contribution in [2.45, 2.75) is 58.5 Å². The van der Waals surface area contributed by atoms with E-state index < -0.39 is 0 Å². The number of hydrogen-bond donors (Lipinski definition) is 1. The molecule has 0 aromatic carbocycles. The first kappa shape index (κ1) is 16.3. The van der Waals surface area contributed by atoms with Crippen LogP contribution in [0.3, 0.4) is 0 Å². The minimum absolute atomic E-state index is 0.588. The molecular weight excluding hydrogens is 238 g/mol. The van der Waals surface area contributed by atoms with Crippen molar-refractivity contribution in [1.29, 1.82) is 0 Å². The molecule has 0 atom stereocenters. The number of ether oxygens (including phenoxy) is 1. The Bertz CT molecular complexity index is 272. The van der Waals surface area contributed by atoms with E-state index in [0.29, 0.717) is 6.61 Å². The molecule has 110 valence electrons. The van der Waals surface area contributed by atoms with Gasteiger partial charge in [-0.25, -0.2) is 0 Å². The molecule has 0 saturated carbocycles. The average Bonchev–Trinajstić information content (AvgIpc) is 2.93. The maximum atomic E-state index is 5.52. The van der Waals surface area contributed by atoms with Crippen molar-refractivity contribution in [2.75, 3.05) is 19.7 Å². The lowest BCUT2D eigenvalue weighted by Gasteiger charge is -2.05. The zero-order valence-corrected chi connectivity index (χ0v) is 12.3. The first-order valence-corrected chi connectivity index (χ1v) is 7.74. The lowest BCUT2D eigenvalue weighted by atomic mass is 10.1. The highest BCUT2D eigenvalue weighted by Gasteiger charge is 1.95. The first-order chi connectivity index (χ1) is 9.43. The Kier molecular flexibility index (Phi) is 10.5. The lowest BCUT2D eigenvalue weighted by molar-refractivity contribution is 0.104. The summed E-state index contributed by atoms with van der Waals surface area (Å²) in [7, 11) is 0. The summed E-state index contributed by atoms with van der Waals surface area (Å²) in [5.41, 5.74) is 0. The van der Waals surface area contributed by atoms with Crippen LogP contribution in [0.5, 0.6) is 0 Å². The molecule has 1 N–H and O–H groups in total. The van der Waals surface area contributed by atoms with Crippen LogP contribution < -0.4 is 5.32 Å². The maximum Gasteiger partial charge on any atom is 0.129 e. The van der Waals surface area contributed by atoms with Crippen LogP contribution in [-0.2, 0) is 11.3 Å². The molecule has 0 bridgehead atoms. The second kappa shape index (κ2) is 12.2. The third-order valence-corrected chi connectivity index (χ3v) is 3.17. The van der Waals surface area contributed by atoms with E-state index in [4.69, 9.17) is 9.15 Å².